The first-order valence-electron chi connectivity index (χ1n) is 7.51. The van der Waals surface area contributed by atoms with Gasteiger partial charge in [0.05, 0.1) is 5.60 Å². The van der Waals surface area contributed by atoms with Gasteiger partial charge in [0.1, 0.15) is 0 Å². The van der Waals surface area contributed by atoms with E-state index in [1.54, 1.807) is 13.2 Å². The summed E-state index contributed by atoms with van der Waals surface area (Å²) in [4.78, 5) is 23.6. The minimum absolute atomic E-state index is 0.283. The van der Waals surface area contributed by atoms with E-state index in [-0.39, 0.29) is 11.2 Å². The molecule has 2 N–H and O–H groups in total. The van der Waals surface area contributed by atoms with Crippen molar-refractivity contribution in [1.82, 2.24) is 14.5 Å². The smallest absolute Gasteiger partial charge is 0.330 e. The second kappa shape index (κ2) is 6.15. The molecule has 0 saturated heterocycles. The van der Waals surface area contributed by atoms with E-state index < -0.39 is 5.60 Å². The molecule has 6 heteroatoms. The van der Waals surface area contributed by atoms with E-state index in [1.165, 1.54) is 11.6 Å². The molecule has 0 aliphatic heterocycles. The quantitative estimate of drug-likeness (QED) is 0.827. The third-order valence-corrected chi connectivity index (χ3v) is 4.49. The average molecular weight is 295 g/mol. The Balaban J connectivity index is 1.98. The molecule has 1 saturated carbocycles. The summed E-state index contributed by atoms with van der Waals surface area (Å²) in [6.07, 6.45) is 5.24. The fourth-order valence-corrected chi connectivity index (χ4v) is 2.91. The number of hydrogen-bond acceptors (Lipinski definition) is 4. The topological polar surface area (TPSA) is 76.3 Å². The predicted octanol–water partition coefficient (Wildman–Crippen LogP) is 0.115. The molecular formula is C15H25N3O3. The van der Waals surface area contributed by atoms with Crippen LogP contribution >= 0.6 is 0 Å². The van der Waals surface area contributed by atoms with Crippen LogP contribution in [0.4, 0.5) is 0 Å². The SMILES string of the molecule is CC1CCC(O)(CNCc2cn(C)c(=O)n(C)c2=O)CC1. The van der Waals surface area contributed by atoms with Gasteiger partial charge in [0.2, 0.25) is 0 Å². The molecule has 0 aromatic carbocycles. The van der Waals surface area contributed by atoms with Gasteiger partial charge in [-0.3, -0.25) is 9.36 Å². The van der Waals surface area contributed by atoms with Gasteiger partial charge in [0.15, 0.2) is 0 Å². The van der Waals surface area contributed by atoms with Crippen LogP contribution < -0.4 is 16.6 Å². The number of hydrogen-bond donors (Lipinski definition) is 2. The van der Waals surface area contributed by atoms with E-state index in [1.807, 2.05) is 0 Å². The van der Waals surface area contributed by atoms with Gasteiger partial charge in [-0.1, -0.05) is 6.92 Å². The summed E-state index contributed by atoms with van der Waals surface area (Å²) in [5, 5.41) is 13.7. The van der Waals surface area contributed by atoms with Gasteiger partial charge in [-0.15, -0.1) is 0 Å². The first-order chi connectivity index (χ1) is 9.82. The van der Waals surface area contributed by atoms with Crippen LogP contribution in [0, 0.1) is 5.92 Å². The van der Waals surface area contributed by atoms with Crippen molar-refractivity contribution in [1.29, 1.82) is 0 Å². The van der Waals surface area contributed by atoms with Crippen molar-refractivity contribution in [2.24, 2.45) is 20.0 Å². The van der Waals surface area contributed by atoms with Crippen LogP contribution in [0.25, 0.3) is 0 Å². The largest absolute Gasteiger partial charge is 0.389 e. The molecule has 0 bridgehead atoms. The number of aryl methyl sites for hydroxylation is 1. The minimum atomic E-state index is -0.668. The molecule has 1 heterocycles. The van der Waals surface area contributed by atoms with Crippen molar-refractivity contribution in [3.63, 3.8) is 0 Å². The van der Waals surface area contributed by atoms with Gasteiger partial charge in [-0.25, -0.2) is 4.79 Å². The molecule has 2 rings (SSSR count). The molecule has 0 unspecified atom stereocenters. The van der Waals surface area contributed by atoms with Gasteiger partial charge in [0, 0.05) is 38.9 Å². The molecule has 0 spiro atoms. The molecule has 1 aliphatic carbocycles. The number of aliphatic hydroxyl groups is 1. The maximum atomic E-state index is 12.0. The number of nitrogens with one attached hydrogen (secondary N) is 1. The zero-order valence-corrected chi connectivity index (χ0v) is 13.1. The summed E-state index contributed by atoms with van der Waals surface area (Å²) in [7, 11) is 3.10. The third-order valence-electron chi connectivity index (χ3n) is 4.49. The van der Waals surface area contributed by atoms with Crippen molar-refractivity contribution < 1.29 is 5.11 Å². The number of rotatable bonds is 4. The molecule has 0 radical (unpaired) electrons. The van der Waals surface area contributed by atoms with Crippen molar-refractivity contribution in [2.45, 2.75) is 44.8 Å². The lowest BCUT2D eigenvalue weighted by Gasteiger charge is -2.35. The lowest BCUT2D eigenvalue weighted by Crippen LogP contribution is -2.44. The number of aromatic nitrogens is 2. The highest BCUT2D eigenvalue weighted by Gasteiger charge is 2.31. The van der Waals surface area contributed by atoms with Gasteiger partial charge in [-0.2, -0.15) is 0 Å². The monoisotopic (exact) mass is 295 g/mol. The molecule has 1 fully saturated rings. The third kappa shape index (κ3) is 3.63. The Labute approximate surface area is 124 Å². The zero-order valence-electron chi connectivity index (χ0n) is 13.1. The van der Waals surface area contributed by atoms with Crippen molar-refractivity contribution in [2.75, 3.05) is 6.54 Å². The Morgan fingerprint density at radius 1 is 1.33 bits per heavy atom. The van der Waals surface area contributed by atoms with Crippen molar-refractivity contribution in [3.8, 4) is 0 Å². The summed E-state index contributed by atoms with van der Waals surface area (Å²) in [5.41, 5.74) is -0.746. The maximum absolute atomic E-state index is 12.0. The summed E-state index contributed by atoms with van der Waals surface area (Å²) in [6.45, 7) is 3.05. The second-order valence-electron chi connectivity index (χ2n) is 6.42. The molecule has 0 atom stereocenters. The summed E-state index contributed by atoms with van der Waals surface area (Å²) >= 11 is 0. The lowest BCUT2D eigenvalue weighted by molar-refractivity contribution is -0.00633. The Morgan fingerprint density at radius 2 is 1.95 bits per heavy atom. The normalized spacial score (nSPS) is 26.0. The van der Waals surface area contributed by atoms with E-state index in [9.17, 15) is 14.7 Å². The molecule has 1 aliphatic rings. The molecule has 1 aromatic rings. The Morgan fingerprint density at radius 3 is 2.57 bits per heavy atom. The first kappa shape index (κ1) is 16.0. The van der Waals surface area contributed by atoms with Crippen molar-refractivity contribution >= 4 is 0 Å². The van der Waals surface area contributed by atoms with Crippen LogP contribution in [0.2, 0.25) is 0 Å². The molecule has 6 nitrogen and oxygen atoms in total. The number of nitrogens with zero attached hydrogens (tertiary/aromatic N) is 2. The van der Waals surface area contributed by atoms with Crippen LogP contribution in [-0.2, 0) is 20.6 Å². The predicted molar refractivity (Wildman–Crippen MR) is 81.2 cm³/mol. The molecule has 1 aromatic heterocycles. The van der Waals surface area contributed by atoms with E-state index in [0.717, 1.165) is 30.3 Å². The average Bonchev–Trinajstić information content (AvgIpc) is 2.46. The Kier molecular flexibility index (Phi) is 4.68. The van der Waals surface area contributed by atoms with E-state index in [0.29, 0.717) is 24.6 Å². The van der Waals surface area contributed by atoms with Crippen LogP contribution in [0.3, 0.4) is 0 Å². The van der Waals surface area contributed by atoms with Gasteiger partial charge >= 0.3 is 5.69 Å². The Hall–Kier alpha value is -1.40. The van der Waals surface area contributed by atoms with Crippen LogP contribution in [0.1, 0.15) is 38.2 Å². The van der Waals surface area contributed by atoms with Crippen LogP contribution in [-0.4, -0.2) is 26.4 Å². The van der Waals surface area contributed by atoms with E-state index in [2.05, 4.69) is 12.2 Å². The molecule has 118 valence electrons. The summed E-state index contributed by atoms with van der Waals surface area (Å²) in [5.74, 6) is 0.682. The molecular weight excluding hydrogens is 270 g/mol. The van der Waals surface area contributed by atoms with Crippen LogP contribution in [0.15, 0.2) is 15.8 Å². The zero-order chi connectivity index (χ0) is 15.6. The van der Waals surface area contributed by atoms with Gasteiger partial charge < -0.3 is 15.0 Å². The van der Waals surface area contributed by atoms with Crippen molar-refractivity contribution in [3.05, 3.63) is 32.6 Å². The highest BCUT2D eigenvalue weighted by molar-refractivity contribution is 5.05. The second-order valence-corrected chi connectivity index (χ2v) is 6.42. The molecule has 0 amide bonds. The standard InChI is InChI=1S/C15H25N3O3/c1-11-4-6-15(21,7-5-11)10-16-8-12-9-17(2)14(20)18(3)13(12)19/h9,11,16,21H,4-8,10H2,1-3H3. The van der Waals surface area contributed by atoms with Gasteiger partial charge in [0.25, 0.3) is 5.56 Å². The lowest BCUT2D eigenvalue weighted by atomic mass is 9.79. The summed E-state index contributed by atoms with van der Waals surface area (Å²) < 4.78 is 2.50. The Bertz CT molecular complexity index is 610. The highest BCUT2D eigenvalue weighted by Crippen LogP contribution is 2.31. The molecule has 21 heavy (non-hydrogen) atoms. The fraction of sp³-hybridized carbons (Fsp3) is 0.733. The van der Waals surface area contributed by atoms with E-state index in [4.69, 9.17) is 0 Å². The van der Waals surface area contributed by atoms with Gasteiger partial charge in [-0.05, 0) is 31.6 Å². The fourth-order valence-electron chi connectivity index (χ4n) is 2.91. The highest BCUT2D eigenvalue weighted by atomic mass is 16.3. The summed E-state index contributed by atoms with van der Waals surface area (Å²) in [6, 6.07) is 0. The van der Waals surface area contributed by atoms with E-state index >= 15 is 0 Å². The maximum Gasteiger partial charge on any atom is 0.330 e. The minimum Gasteiger partial charge on any atom is -0.389 e. The first-order valence-corrected chi connectivity index (χ1v) is 7.51. The van der Waals surface area contributed by atoms with Crippen LogP contribution in [0.5, 0.6) is 0 Å².